The minimum atomic E-state index is -0.422. The van der Waals surface area contributed by atoms with Crippen LogP contribution < -0.4 is 15.8 Å². The molecule has 0 atom stereocenters. The van der Waals surface area contributed by atoms with Crippen LogP contribution in [-0.2, 0) is 16.1 Å². The largest absolute Gasteiger partial charge is 0.324 e. The molecule has 7 nitrogen and oxygen atoms in total. The number of aromatic nitrogens is 2. The van der Waals surface area contributed by atoms with Gasteiger partial charge in [0.1, 0.15) is 12.2 Å². The van der Waals surface area contributed by atoms with Crippen LogP contribution in [0.3, 0.4) is 0 Å². The molecule has 0 saturated carbocycles. The van der Waals surface area contributed by atoms with Gasteiger partial charge in [0.25, 0.3) is 5.56 Å². The van der Waals surface area contributed by atoms with E-state index in [2.05, 4.69) is 10.4 Å². The Morgan fingerprint density at radius 2 is 2.04 bits per heavy atom. The van der Waals surface area contributed by atoms with E-state index in [1.807, 2.05) is 45.9 Å². The summed E-state index contributed by atoms with van der Waals surface area (Å²) in [5.74, 6) is 0.0686. The number of amides is 2. The van der Waals surface area contributed by atoms with Gasteiger partial charge in [-0.25, -0.2) is 4.68 Å². The minimum absolute atomic E-state index is 0.0965. The zero-order valence-electron chi connectivity index (χ0n) is 16.5. The summed E-state index contributed by atoms with van der Waals surface area (Å²) in [6, 6.07) is 5.73. The molecule has 8 heteroatoms. The van der Waals surface area contributed by atoms with Crippen molar-refractivity contribution in [3.05, 3.63) is 45.9 Å². The molecule has 2 heterocycles. The third-order valence-electron chi connectivity index (χ3n) is 4.40. The number of fused-ring (bicyclic) bond motifs is 1. The Labute approximate surface area is 168 Å². The highest BCUT2D eigenvalue weighted by Gasteiger charge is 2.29. The number of carbonyl (C=O) groups excluding carboxylic acids is 2. The Morgan fingerprint density at radius 3 is 2.71 bits per heavy atom. The Morgan fingerprint density at radius 1 is 1.29 bits per heavy atom. The van der Waals surface area contributed by atoms with Crippen molar-refractivity contribution in [2.45, 2.75) is 39.1 Å². The molecule has 0 saturated heterocycles. The Hall–Kier alpha value is -2.61. The van der Waals surface area contributed by atoms with Gasteiger partial charge in [-0.15, -0.1) is 11.8 Å². The number of benzene rings is 1. The summed E-state index contributed by atoms with van der Waals surface area (Å²) in [5.41, 5.74) is 2.66. The van der Waals surface area contributed by atoms with Gasteiger partial charge in [-0.1, -0.05) is 31.5 Å². The van der Waals surface area contributed by atoms with Gasteiger partial charge in [0.2, 0.25) is 11.8 Å². The van der Waals surface area contributed by atoms with Gasteiger partial charge in [0.15, 0.2) is 0 Å². The minimum Gasteiger partial charge on any atom is -0.324 e. The summed E-state index contributed by atoms with van der Waals surface area (Å²) in [4.78, 5) is 40.0. The second-order valence-electron chi connectivity index (χ2n) is 7.37. The predicted molar refractivity (Wildman–Crippen MR) is 111 cm³/mol. The number of rotatable bonds is 5. The zero-order chi connectivity index (χ0) is 20.4. The summed E-state index contributed by atoms with van der Waals surface area (Å²) in [7, 11) is 0. The number of aryl methyl sites for hydroxylation is 2. The number of nitrogens with zero attached hydrogens (tertiary/aromatic N) is 3. The molecule has 0 spiro atoms. The second-order valence-corrected chi connectivity index (χ2v) is 8.39. The second kappa shape index (κ2) is 8.18. The molecule has 0 bridgehead atoms. The maximum Gasteiger partial charge on any atom is 0.292 e. The molecule has 0 radical (unpaired) electrons. The molecular weight excluding hydrogens is 376 g/mol. The molecule has 1 aliphatic heterocycles. The summed E-state index contributed by atoms with van der Waals surface area (Å²) in [6.07, 6.45) is 1.56. The SMILES string of the molecule is Cc1ccc(NC(=O)Cn2ncc3c(c2=O)N(CC(C)C)C(=O)CS3)c(C)c1. The smallest absolute Gasteiger partial charge is 0.292 e. The van der Waals surface area contributed by atoms with Crippen LogP contribution >= 0.6 is 11.8 Å². The molecule has 1 aromatic heterocycles. The molecule has 0 aliphatic carbocycles. The summed E-state index contributed by atoms with van der Waals surface area (Å²) in [5, 5.41) is 6.95. The number of hydrogen-bond donors (Lipinski definition) is 1. The van der Waals surface area contributed by atoms with Crippen molar-refractivity contribution in [3.63, 3.8) is 0 Å². The molecule has 148 valence electrons. The van der Waals surface area contributed by atoms with Gasteiger partial charge in [-0.2, -0.15) is 5.10 Å². The lowest BCUT2D eigenvalue weighted by Crippen LogP contribution is -2.44. The van der Waals surface area contributed by atoms with Crippen molar-refractivity contribution in [3.8, 4) is 0 Å². The van der Waals surface area contributed by atoms with Crippen molar-refractivity contribution >= 4 is 35.0 Å². The predicted octanol–water partition coefficient (Wildman–Crippen LogP) is 2.59. The fourth-order valence-electron chi connectivity index (χ4n) is 3.11. The van der Waals surface area contributed by atoms with Gasteiger partial charge < -0.3 is 10.2 Å². The van der Waals surface area contributed by atoms with Crippen molar-refractivity contribution in [1.29, 1.82) is 0 Å². The number of hydrogen-bond acceptors (Lipinski definition) is 5. The van der Waals surface area contributed by atoms with Crippen molar-refractivity contribution < 1.29 is 9.59 Å². The fraction of sp³-hybridized carbons (Fsp3) is 0.400. The number of anilines is 2. The lowest BCUT2D eigenvalue weighted by Gasteiger charge is -2.29. The highest BCUT2D eigenvalue weighted by Crippen LogP contribution is 2.32. The van der Waals surface area contributed by atoms with Crippen LogP contribution in [0.1, 0.15) is 25.0 Å². The fourth-order valence-corrected chi connectivity index (χ4v) is 4.00. The van der Waals surface area contributed by atoms with Gasteiger partial charge in [0.05, 0.1) is 16.8 Å². The normalized spacial score (nSPS) is 13.6. The van der Waals surface area contributed by atoms with Crippen molar-refractivity contribution in [1.82, 2.24) is 9.78 Å². The van der Waals surface area contributed by atoms with Gasteiger partial charge in [-0.3, -0.25) is 14.4 Å². The number of thioether (sulfide) groups is 1. The average Bonchev–Trinajstić information content (AvgIpc) is 2.62. The first kappa shape index (κ1) is 20.1. The lowest BCUT2D eigenvalue weighted by atomic mass is 10.1. The molecule has 2 amide bonds. The van der Waals surface area contributed by atoms with E-state index in [-0.39, 0.29) is 30.0 Å². The van der Waals surface area contributed by atoms with Crippen molar-refractivity contribution in [2.75, 3.05) is 22.5 Å². The number of nitrogens with one attached hydrogen (secondary N) is 1. The van der Waals surface area contributed by atoms with Crippen molar-refractivity contribution in [2.24, 2.45) is 5.92 Å². The van der Waals surface area contributed by atoms with E-state index in [0.717, 1.165) is 15.8 Å². The third kappa shape index (κ3) is 4.27. The van der Waals surface area contributed by atoms with E-state index in [0.29, 0.717) is 22.8 Å². The molecule has 0 unspecified atom stereocenters. The Kier molecular flexibility index (Phi) is 5.88. The van der Waals surface area contributed by atoms with E-state index in [9.17, 15) is 14.4 Å². The lowest BCUT2D eigenvalue weighted by molar-refractivity contribution is -0.117. The molecule has 1 aromatic carbocycles. The van der Waals surface area contributed by atoms with Crippen LogP contribution in [-0.4, -0.2) is 33.9 Å². The molecule has 0 fully saturated rings. The standard InChI is InChI=1S/C20H24N4O3S/c1-12(2)9-23-18(26)11-28-16-8-21-24(20(27)19(16)23)10-17(25)22-15-6-5-13(3)7-14(15)4/h5-8,12H,9-11H2,1-4H3,(H,22,25). The van der Waals surface area contributed by atoms with Crippen LogP contribution in [0.2, 0.25) is 0 Å². The highest BCUT2D eigenvalue weighted by atomic mass is 32.2. The molecule has 28 heavy (non-hydrogen) atoms. The Bertz CT molecular complexity index is 984. The highest BCUT2D eigenvalue weighted by molar-refractivity contribution is 8.00. The maximum atomic E-state index is 13.0. The van der Waals surface area contributed by atoms with E-state index in [1.54, 1.807) is 6.20 Å². The third-order valence-corrected chi connectivity index (χ3v) is 5.41. The van der Waals surface area contributed by atoms with Crippen LogP contribution in [0, 0.1) is 19.8 Å². The number of carbonyl (C=O) groups is 2. The van der Waals surface area contributed by atoms with Crippen LogP contribution in [0.4, 0.5) is 11.4 Å². The molecule has 2 aromatic rings. The van der Waals surface area contributed by atoms with E-state index < -0.39 is 5.56 Å². The summed E-state index contributed by atoms with van der Waals surface area (Å²) >= 11 is 1.31. The van der Waals surface area contributed by atoms with Gasteiger partial charge >= 0.3 is 0 Å². The van der Waals surface area contributed by atoms with Crippen LogP contribution in [0.25, 0.3) is 0 Å². The van der Waals surface area contributed by atoms with E-state index in [1.165, 1.54) is 16.7 Å². The molecule has 1 aliphatic rings. The zero-order valence-corrected chi connectivity index (χ0v) is 17.3. The van der Waals surface area contributed by atoms with E-state index >= 15 is 0 Å². The molecule has 1 N–H and O–H groups in total. The first-order chi connectivity index (χ1) is 13.3. The molecule has 3 rings (SSSR count). The van der Waals surface area contributed by atoms with E-state index in [4.69, 9.17) is 0 Å². The van der Waals surface area contributed by atoms with Crippen LogP contribution in [0.15, 0.2) is 34.1 Å². The topological polar surface area (TPSA) is 84.3 Å². The first-order valence-corrected chi connectivity index (χ1v) is 10.1. The summed E-state index contributed by atoms with van der Waals surface area (Å²) < 4.78 is 1.12. The van der Waals surface area contributed by atoms with Gasteiger partial charge in [0, 0.05) is 12.2 Å². The quantitative estimate of drug-likeness (QED) is 0.834. The monoisotopic (exact) mass is 400 g/mol. The summed E-state index contributed by atoms with van der Waals surface area (Å²) in [6.45, 7) is 8.13. The average molecular weight is 401 g/mol. The molecular formula is C20H24N4O3S. The van der Waals surface area contributed by atoms with Crippen LogP contribution in [0.5, 0.6) is 0 Å². The van der Waals surface area contributed by atoms with Gasteiger partial charge in [-0.05, 0) is 31.4 Å². The first-order valence-electron chi connectivity index (χ1n) is 9.16. The maximum absolute atomic E-state index is 13.0. The Balaban J connectivity index is 1.85.